The van der Waals surface area contributed by atoms with Crippen molar-refractivity contribution in [2.75, 3.05) is 24.5 Å². The van der Waals surface area contributed by atoms with Crippen LogP contribution in [0.3, 0.4) is 0 Å². The Hall–Kier alpha value is -2.62. The summed E-state index contributed by atoms with van der Waals surface area (Å²) in [6.45, 7) is 3.08. The fraction of sp³-hybridized carbons (Fsp3) is 0.333. The number of nitrogens with zero attached hydrogens (tertiary/aromatic N) is 2. The number of para-hydroxylation sites is 1. The first-order valence-corrected chi connectivity index (χ1v) is 8.97. The molecule has 0 radical (unpaired) electrons. The van der Waals surface area contributed by atoms with Gasteiger partial charge in [0.05, 0.1) is 0 Å². The first kappa shape index (κ1) is 15.9. The summed E-state index contributed by atoms with van der Waals surface area (Å²) in [6, 6.07) is 14.4. The van der Waals surface area contributed by atoms with Gasteiger partial charge in [-0.05, 0) is 54.0 Å². The average molecular weight is 335 g/mol. The molecule has 1 aromatic carbocycles. The lowest BCUT2D eigenvalue weighted by Gasteiger charge is -2.21. The predicted molar refractivity (Wildman–Crippen MR) is 102 cm³/mol. The van der Waals surface area contributed by atoms with Crippen molar-refractivity contribution >= 4 is 17.7 Å². The number of hydrogen-bond acceptors (Lipinski definition) is 3. The monoisotopic (exact) mass is 335 g/mol. The molecule has 1 aliphatic carbocycles. The van der Waals surface area contributed by atoms with Crippen molar-refractivity contribution in [2.24, 2.45) is 17.8 Å². The van der Waals surface area contributed by atoms with E-state index in [1.165, 1.54) is 5.69 Å². The minimum absolute atomic E-state index is 0. The molecule has 2 fully saturated rings. The van der Waals surface area contributed by atoms with Crippen LogP contribution in [-0.4, -0.2) is 30.5 Å². The van der Waals surface area contributed by atoms with Crippen LogP contribution in [0.4, 0.5) is 5.69 Å². The molecular formula is C21H25N3O. The number of carbonyl (C=O) groups excluding carboxylic acids is 1. The van der Waals surface area contributed by atoms with Crippen molar-refractivity contribution in [3.63, 3.8) is 0 Å². The standard InChI is InChI=1S/C21H23N3O.H2/c25-21(9-8-16-5-4-11-22-13-16)23-12-10-18-19-14-24(15-20(18)19)17-6-2-1-3-7-17;/h1-9,11,13,18-20H,10,12,14-15H2,(H,23,25);1H/b9-8+;/t18?,19-,20+;. The zero-order valence-corrected chi connectivity index (χ0v) is 14.2. The van der Waals surface area contributed by atoms with E-state index in [1.54, 1.807) is 24.5 Å². The molecule has 2 aliphatic rings. The zero-order chi connectivity index (χ0) is 17.1. The Morgan fingerprint density at radius 1 is 1.20 bits per heavy atom. The van der Waals surface area contributed by atoms with Gasteiger partial charge in [0.2, 0.25) is 5.91 Å². The Balaban J connectivity index is 0.00000196. The molecular weight excluding hydrogens is 310 g/mol. The highest BCUT2D eigenvalue weighted by molar-refractivity contribution is 5.91. The Bertz CT molecular complexity index is 738. The van der Waals surface area contributed by atoms with Crippen molar-refractivity contribution in [2.45, 2.75) is 6.42 Å². The highest BCUT2D eigenvalue weighted by atomic mass is 16.1. The summed E-state index contributed by atoms with van der Waals surface area (Å²) >= 11 is 0. The Morgan fingerprint density at radius 2 is 2.00 bits per heavy atom. The van der Waals surface area contributed by atoms with Gasteiger partial charge in [-0.3, -0.25) is 9.78 Å². The third-order valence-corrected chi connectivity index (χ3v) is 5.38. The zero-order valence-electron chi connectivity index (χ0n) is 14.2. The van der Waals surface area contributed by atoms with Crippen LogP contribution in [0.25, 0.3) is 6.08 Å². The highest BCUT2D eigenvalue weighted by Gasteiger charge is 2.54. The van der Waals surface area contributed by atoms with E-state index in [4.69, 9.17) is 0 Å². The van der Waals surface area contributed by atoms with E-state index in [0.29, 0.717) is 0 Å². The Labute approximate surface area is 150 Å². The molecule has 2 aromatic rings. The Kier molecular flexibility index (Phi) is 4.51. The summed E-state index contributed by atoms with van der Waals surface area (Å²) in [5.74, 6) is 2.37. The van der Waals surface area contributed by atoms with Crippen LogP contribution in [0.1, 0.15) is 13.4 Å². The summed E-state index contributed by atoms with van der Waals surface area (Å²) < 4.78 is 0. The first-order chi connectivity index (χ1) is 12.3. The quantitative estimate of drug-likeness (QED) is 0.825. The number of piperidine rings is 1. The van der Waals surface area contributed by atoms with Crippen molar-refractivity contribution in [3.8, 4) is 0 Å². The SMILES string of the molecule is O=C(/C=C/c1cccnc1)NCCC1[C@H]2CN(c3ccccc3)C[C@@H]12.[HH]. The van der Waals surface area contributed by atoms with Crippen LogP contribution in [0, 0.1) is 17.8 Å². The van der Waals surface area contributed by atoms with E-state index in [2.05, 4.69) is 45.5 Å². The molecule has 4 nitrogen and oxygen atoms in total. The van der Waals surface area contributed by atoms with Gasteiger partial charge in [-0.25, -0.2) is 0 Å². The molecule has 1 amide bonds. The summed E-state index contributed by atoms with van der Waals surface area (Å²) in [5.41, 5.74) is 2.28. The third-order valence-electron chi connectivity index (χ3n) is 5.38. The summed E-state index contributed by atoms with van der Waals surface area (Å²) in [4.78, 5) is 18.4. The molecule has 0 spiro atoms. The van der Waals surface area contributed by atoms with E-state index in [9.17, 15) is 4.79 Å². The van der Waals surface area contributed by atoms with Crippen molar-refractivity contribution in [1.82, 2.24) is 10.3 Å². The number of amides is 1. The van der Waals surface area contributed by atoms with E-state index < -0.39 is 0 Å². The molecule has 1 N–H and O–H groups in total. The second-order valence-corrected chi connectivity index (χ2v) is 6.93. The second-order valence-electron chi connectivity index (χ2n) is 6.93. The maximum absolute atomic E-state index is 11.9. The largest absolute Gasteiger partial charge is 0.371 e. The molecule has 4 heteroatoms. The number of hydrogen-bond donors (Lipinski definition) is 1. The smallest absolute Gasteiger partial charge is 0.244 e. The predicted octanol–water partition coefficient (Wildman–Crippen LogP) is 3.23. The minimum atomic E-state index is -0.0272. The van der Waals surface area contributed by atoms with Gasteiger partial charge in [-0.15, -0.1) is 0 Å². The van der Waals surface area contributed by atoms with Crippen LogP contribution in [-0.2, 0) is 4.79 Å². The van der Waals surface area contributed by atoms with Crippen LogP contribution in [0.15, 0.2) is 60.9 Å². The molecule has 1 saturated carbocycles. The number of rotatable bonds is 6. The lowest BCUT2D eigenvalue weighted by atomic mass is 10.2. The van der Waals surface area contributed by atoms with Crippen LogP contribution in [0.2, 0.25) is 0 Å². The summed E-state index contributed by atoms with van der Waals surface area (Å²) in [5, 5.41) is 3.00. The summed E-state index contributed by atoms with van der Waals surface area (Å²) in [7, 11) is 0. The Morgan fingerprint density at radius 3 is 2.72 bits per heavy atom. The van der Waals surface area contributed by atoms with Gasteiger partial charge in [0.1, 0.15) is 0 Å². The average Bonchev–Trinajstić information content (AvgIpc) is 3.11. The number of nitrogens with one attached hydrogen (secondary N) is 1. The van der Waals surface area contributed by atoms with E-state index >= 15 is 0 Å². The van der Waals surface area contributed by atoms with Crippen LogP contribution in [0.5, 0.6) is 0 Å². The van der Waals surface area contributed by atoms with Gasteiger partial charge in [-0.2, -0.15) is 0 Å². The molecule has 4 rings (SSSR count). The molecule has 3 atom stereocenters. The van der Waals surface area contributed by atoms with E-state index in [1.807, 2.05) is 12.1 Å². The van der Waals surface area contributed by atoms with Gasteiger partial charge in [0.15, 0.2) is 0 Å². The van der Waals surface area contributed by atoms with Crippen LogP contribution >= 0.6 is 0 Å². The maximum atomic E-state index is 11.9. The van der Waals surface area contributed by atoms with Crippen molar-refractivity contribution in [3.05, 3.63) is 66.5 Å². The molecule has 130 valence electrons. The minimum Gasteiger partial charge on any atom is -0.371 e. The fourth-order valence-electron chi connectivity index (χ4n) is 3.99. The van der Waals surface area contributed by atoms with Gasteiger partial charge in [-0.1, -0.05) is 24.3 Å². The molecule has 25 heavy (non-hydrogen) atoms. The van der Waals surface area contributed by atoms with Crippen molar-refractivity contribution < 1.29 is 6.22 Å². The van der Waals surface area contributed by atoms with E-state index in [-0.39, 0.29) is 7.33 Å². The van der Waals surface area contributed by atoms with Gasteiger partial charge < -0.3 is 10.2 Å². The molecule has 2 heterocycles. The third kappa shape index (κ3) is 3.73. The normalized spacial score (nSPS) is 24.3. The van der Waals surface area contributed by atoms with Crippen molar-refractivity contribution in [1.29, 1.82) is 0 Å². The maximum Gasteiger partial charge on any atom is 0.244 e. The number of pyridine rings is 1. The lowest BCUT2D eigenvalue weighted by molar-refractivity contribution is -0.116. The molecule has 1 unspecified atom stereocenters. The number of benzene rings is 1. The summed E-state index contributed by atoms with van der Waals surface area (Å²) in [6.07, 6.45) is 7.94. The first-order valence-electron chi connectivity index (χ1n) is 8.97. The topological polar surface area (TPSA) is 45.2 Å². The molecule has 1 aliphatic heterocycles. The molecule has 1 saturated heterocycles. The number of carbonyl (C=O) groups is 1. The molecule has 1 aromatic heterocycles. The molecule has 0 bridgehead atoms. The van der Waals surface area contributed by atoms with Gasteiger partial charge >= 0.3 is 0 Å². The van der Waals surface area contributed by atoms with E-state index in [0.717, 1.165) is 49.4 Å². The number of anilines is 1. The number of fused-ring (bicyclic) bond motifs is 1. The fourth-order valence-corrected chi connectivity index (χ4v) is 3.99. The van der Waals surface area contributed by atoms with Gasteiger partial charge in [0.25, 0.3) is 0 Å². The lowest BCUT2D eigenvalue weighted by Crippen LogP contribution is -2.26. The van der Waals surface area contributed by atoms with Crippen LogP contribution < -0.4 is 10.2 Å². The highest BCUT2D eigenvalue weighted by Crippen LogP contribution is 2.54. The second kappa shape index (κ2) is 7.09. The number of aromatic nitrogens is 1. The van der Waals surface area contributed by atoms with Gasteiger partial charge in [0, 0.05) is 45.2 Å².